The van der Waals surface area contributed by atoms with E-state index in [9.17, 15) is 8.42 Å². The van der Waals surface area contributed by atoms with Crippen LogP contribution in [0.5, 0.6) is 0 Å². The van der Waals surface area contributed by atoms with Crippen molar-refractivity contribution in [3.63, 3.8) is 0 Å². The molecule has 8 nitrogen and oxygen atoms in total. The van der Waals surface area contributed by atoms with Crippen LogP contribution in [-0.4, -0.2) is 51.7 Å². The van der Waals surface area contributed by atoms with Crippen LogP contribution >= 0.6 is 12.4 Å². The number of piperazine rings is 1. The molecule has 0 aliphatic carbocycles. The number of sulfonamides is 1. The number of hydrogen-bond donors (Lipinski definition) is 1. The van der Waals surface area contributed by atoms with Crippen molar-refractivity contribution in [1.29, 1.82) is 0 Å². The van der Waals surface area contributed by atoms with Gasteiger partial charge in [0.25, 0.3) is 0 Å². The summed E-state index contributed by atoms with van der Waals surface area (Å²) in [6, 6.07) is -0.205. The van der Waals surface area contributed by atoms with Crippen molar-refractivity contribution in [1.82, 2.24) is 29.0 Å². The van der Waals surface area contributed by atoms with Crippen molar-refractivity contribution in [2.75, 3.05) is 19.6 Å². The SMILES string of the molecule is CC(C)n1cc(S(=O)(=O)N2CCNCC2c2nccn2C)cn1.Cl. The summed E-state index contributed by atoms with van der Waals surface area (Å²) < 4.78 is 31.1. The Bertz CT molecular complexity index is 785. The van der Waals surface area contributed by atoms with Gasteiger partial charge in [-0.05, 0) is 13.8 Å². The summed E-state index contributed by atoms with van der Waals surface area (Å²) >= 11 is 0. The molecule has 0 bridgehead atoms. The highest BCUT2D eigenvalue weighted by molar-refractivity contribution is 7.89. The maximum atomic E-state index is 13.0. The molecule has 1 atom stereocenters. The lowest BCUT2D eigenvalue weighted by molar-refractivity contribution is 0.258. The van der Waals surface area contributed by atoms with Crippen LogP contribution < -0.4 is 5.32 Å². The van der Waals surface area contributed by atoms with Gasteiger partial charge in [-0.15, -0.1) is 12.4 Å². The summed E-state index contributed by atoms with van der Waals surface area (Å²) in [6.45, 7) is 5.50. The molecule has 24 heavy (non-hydrogen) atoms. The van der Waals surface area contributed by atoms with E-state index in [1.54, 1.807) is 17.1 Å². The molecule has 1 aliphatic rings. The molecule has 0 spiro atoms. The average Bonchev–Trinajstić information content (AvgIpc) is 3.16. The van der Waals surface area contributed by atoms with Crippen LogP contribution in [0.4, 0.5) is 0 Å². The molecule has 0 aromatic carbocycles. The lowest BCUT2D eigenvalue weighted by Crippen LogP contribution is -2.49. The fraction of sp³-hybridized carbons (Fsp3) is 0.571. The molecule has 2 aromatic heterocycles. The van der Waals surface area contributed by atoms with Crippen molar-refractivity contribution < 1.29 is 8.42 Å². The number of aryl methyl sites for hydroxylation is 1. The summed E-state index contributed by atoms with van der Waals surface area (Å²) in [5.74, 6) is 0.733. The highest BCUT2D eigenvalue weighted by Gasteiger charge is 2.37. The highest BCUT2D eigenvalue weighted by Crippen LogP contribution is 2.28. The standard InChI is InChI=1S/C14H22N6O2S.ClH/c1-11(2)19-10-12(8-17-19)23(21,22)20-7-4-15-9-13(20)14-16-5-6-18(14)3;/h5-6,8,10-11,13,15H,4,7,9H2,1-3H3;1H. The van der Waals surface area contributed by atoms with Crippen LogP contribution in [0.2, 0.25) is 0 Å². The molecule has 0 radical (unpaired) electrons. The summed E-state index contributed by atoms with van der Waals surface area (Å²) in [7, 11) is -1.74. The van der Waals surface area contributed by atoms with E-state index in [1.807, 2.05) is 31.7 Å². The second kappa shape index (κ2) is 7.22. The molecular formula is C14H23ClN6O2S. The summed E-state index contributed by atoms with van der Waals surface area (Å²) in [4.78, 5) is 4.56. The molecule has 0 amide bonds. The van der Waals surface area contributed by atoms with E-state index < -0.39 is 10.0 Å². The number of hydrogen-bond acceptors (Lipinski definition) is 5. The van der Waals surface area contributed by atoms with Crippen LogP contribution in [0.3, 0.4) is 0 Å². The minimum absolute atomic E-state index is 0. The Morgan fingerprint density at radius 3 is 2.71 bits per heavy atom. The van der Waals surface area contributed by atoms with Gasteiger partial charge in [0.05, 0.1) is 12.2 Å². The number of nitrogens with one attached hydrogen (secondary N) is 1. The highest BCUT2D eigenvalue weighted by atomic mass is 35.5. The lowest BCUT2D eigenvalue weighted by Gasteiger charge is -2.34. The maximum Gasteiger partial charge on any atom is 0.246 e. The number of nitrogens with zero attached hydrogens (tertiary/aromatic N) is 5. The van der Waals surface area contributed by atoms with Crippen molar-refractivity contribution in [2.24, 2.45) is 7.05 Å². The van der Waals surface area contributed by atoms with Gasteiger partial charge in [-0.1, -0.05) is 0 Å². The van der Waals surface area contributed by atoms with E-state index in [1.165, 1.54) is 10.5 Å². The predicted molar refractivity (Wildman–Crippen MR) is 92.6 cm³/mol. The van der Waals surface area contributed by atoms with Crippen LogP contribution in [0.15, 0.2) is 29.7 Å². The molecule has 1 saturated heterocycles. The first-order valence-electron chi connectivity index (χ1n) is 7.65. The topological polar surface area (TPSA) is 85.0 Å². The van der Waals surface area contributed by atoms with Gasteiger partial charge in [0.1, 0.15) is 10.7 Å². The molecule has 1 unspecified atom stereocenters. The minimum Gasteiger partial charge on any atom is -0.337 e. The van der Waals surface area contributed by atoms with E-state index in [-0.39, 0.29) is 29.4 Å². The number of aromatic nitrogens is 4. The van der Waals surface area contributed by atoms with Crippen LogP contribution in [0.1, 0.15) is 31.8 Å². The van der Waals surface area contributed by atoms with Gasteiger partial charge >= 0.3 is 0 Å². The van der Waals surface area contributed by atoms with E-state index >= 15 is 0 Å². The first-order chi connectivity index (χ1) is 10.9. The summed E-state index contributed by atoms with van der Waals surface area (Å²) in [6.07, 6.45) is 6.53. The Balaban J connectivity index is 0.00000208. The Kier molecular flexibility index (Phi) is 5.69. The molecular weight excluding hydrogens is 352 g/mol. The smallest absolute Gasteiger partial charge is 0.246 e. The van der Waals surface area contributed by atoms with Gasteiger partial charge in [-0.2, -0.15) is 9.40 Å². The quantitative estimate of drug-likeness (QED) is 0.861. The Hall–Kier alpha value is -1.42. The minimum atomic E-state index is -3.61. The molecule has 3 heterocycles. The number of halogens is 1. The molecule has 0 saturated carbocycles. The van der Waals surface area contributed by atoms with Gasteiger partial charge in [0.2, 0.25) is 10.0 Å². The van der Waals surface area contributed by atoms with Crippen molar-refractivity contribution in [3.8, 4) is 0 Å². The number of rotatable bonds is 4. The Labute approximate surface area is 148 Å². The zero-order chi connectivity index (χ0) is 16.6. The fourth-order valence-corrected chi connectivity index (χ4v) is 4.29. The monoisotopic (exact) mass is 374 g/mol. The maximum absolute atomic E-state index is 13.0. The van der Waals surface area contributed by atoms with Gasteiger partial charge in [0.15, 0.2) is 0 Å². The first kappa shape index (κ1) is 18.9. The van der Waals surface area contributed by atoms with Crippen molar-refractivity contribution in [3.05, 3.63) is 30.6 Å². The van der Waals surface area contributed by atoms with Crippen LogP contribution in [0, 0.1) is 0 Å². The summed E-state index contributed by atoms with van der Waals surface area (Å²) in [5.41, 5.74) is 0. The second-order valence-corrected chi connectivity index (χ2v) is 7.87. The largest absolute Gasteiger partial charge is 0.337 e. The molecule has 1 fully saturated rings. The normalized spacial score (nSPS) is 19.4. The van der Waals surface area contributed by atoms with Crippen LogP contribution in [0.25, 0.3) is 0 Å². The molecule has 1 aliphatic heterocycles. The third-order valence-corrected chi connectivity index (χ3v) is 5.93. The van der Waals surface area contributed by atoms with E-state index in [4.69, 9.17) is 0 Å². The zero-order valence-electron chi connectivity index (χ0n) is 14.0. The van der Waals surface area contributed by atoms with Gasteiger partial charge < -0.3 is 9.88 Å². The predicted octanol–water partition coefficient (Wildman–Crippen LogP) is 0.954. The molecule has 1 N–H and O–H groups in total. The average molecular weight is 375 g/mol. The molecule has 3 rings (SSSR count). The van der Waals surface area contributed by atoms with Crippen molar-refractivity contribution >= 4 is 22.4 Å². The Morgan fingerprint density at radius 1 is 1.38 bits per heavy atom. The van der Waals surface area contributed by atoms with Crippen molar-refractivity contribution in [2.45, 2.75) is 30.8 Å². The third-order valence-electron chi connectivity index (χ3n) is 4.06. The van der Waals surface area contributed by atoms with Gasteiger partial charge in [0, 0.05) is 51.3 Å². The third kappa shape index (κ3) is 3.34. The first-order valence-corrected chi connectivity index (χ1v) is 9.09. The number of imidazole rings is 1. The van der Waals surface area contributed by atoms with E-state index in [2.05, 4.69) is 15.4 Å². The van der Waals surface area contributed by atoms with Gasteiger partial charge in [-0.25, -0.2) is 13.4 Å². The lowest BCUT2D eigenvalue weighted by atomic mass is 10.2. The van der Waals surface area contributed by atoms with E-state index in [0.717, 1.165) is 5.82 Å². The summed E-state index contributed by atoms with van der Waals surface area (Å²) in [5, 5.41) is 7.40. The van der Waals surface area contributed by atoms with Crippen LogP contribution in [-0.2, 0) is 17.1 Å². The molecule has 10 heteroatoms. The second-order valence-electron chi connectivity index (χ2n) is 5.98. The Morgan fingerprint density at radius 2 is 2.12 bits per heavy atom. The molecule has 134 valence electrons. The molecule has 2 aromatic rings. The fourth-order valence-electron chi connectivity index (χ4n) is 2.76. The van der Waals surface area contributed by atoms with Gasteiger partial charge in [-0.3, -0.25) is 4.68 Å². The van der Waals surface area contributed by atoms with E-state index in [0.29, 0.717) is 19.6 Å². The zero-order valence-corrected chi connectivity index (χ0v) is 15.6.